The number of nitrogens with zero attached hydrogens (tertiary/aromatic N) is 2. The topological polar surface area (TPSA) is 145 Å². The molecule has 1 aromatic rings. The molecule has 2 heterocycles. The lowest BCUT2D eigenvalue weighted by atomic mass is 10.3. The van der Waals surface area contributed by atoms with Gasteiger partial charge in [0, 0.05) is 13.0 Å². The fourth-order valence-corrected chi connectivity index (χ4v) is 2.55. The third kappa shape index (κ3) is 2.09. The summed E-state index contributed by atoms with van der Waals surface area (Å²) in [4.78, 5) is 16.9. The van der Waals surface area contributed by atoms with E-state index in [0.717, 1.165) is 0 Å². The van der Waals surface area contributed by atoms with E-state index in [0.29, 0.717) is 5.69 Å². The molecule has 1 amide bonds. The van der Waals surface area contributed by atoms with Crippen molar-refractivity contribution in [2.45, 2.75) is 11.7 Å². The van der Waals surface area contributed by atoms with Crippen molar-refractivity contribution < 1.29 is 13.2 Å². The van der Waals surface area contributed by atoms with Crippen LogP contribution in [0.5, 0.6) is 0 Å². The number of aromatic nitrogens is 1. The molecule has 0 bridgehead atoms. The predicted molar refractivity (Wildman–Crippen MR) is 66.9 cm³/mol. The van der Waals surface area contributed by atoms with Crippen molar-refractivity contribution in [3.63, 3.8) is 0 Å². The predicted octanol–water partition coefficient (Wildman–Crippen LogP) is -1.36. The second kappa shape index (κ2) is 4.10. The van der Waals surface area contributed by atoms with Gasteiger partial charge in [-0.1, -0.05) is 0 Å². The summed E-state index contributed by atoms with van der Waals surface area (Å²) in [5, 5.41) is 4.11. The van der Waals surface area contributed by atoms with Gasteiger partial charge in [0.25, 0.3) is 0 Å². The fourth-order valence-electron chi connectivity index (χ4n) is 1.82. The number of carbonyl (C=O) groups excluding carboxylic acids is 1. The lowest BCUT2D eigenvalue weighted by Gasteiger charge is -2.18. The van der Waals surface area contributed by atoms with Gasteiger partial charge in [-0.3, -0.25) is 9.78 Å². The van der Waals surface area contributed by atoms with Crippen molar-refractivity contribution in [1.82, 2.24) is 4.98 Å². The van der Waals surface area contributed by atoms with E-state index in [1.807, 2.05) is 0 Å². The number of pyridine rings is 1. The number of rotatable bonds is 2. The highest BCUT2D eigenvalue weighted by atomic mass is 32.2. The Morgan fingerprint density at radius 3 is 2.56 bits per heavy atom. The molecule has 2 rings (SSSR count). The molecular formula is C9H13N5O3S. The molecule has 6 N–H and O–H groups in total. The Kier molecular flexibility index (Phi) is 2.87. The molecule has 18 heavy (non-hydrogen) atoms. The van der Waals surface area contributed by atoms with Crippen LogP contribution in [-0.2, 0) is 14.8 Å². The van der Waals surface area contributed by atoms with Gasteiger partial charge in [0.2, 0.25) is 15.9 Å². The van der Waals surface area contributed by atoms with E-state index in [1.54, 1.807) is 0 Å². The molecular weight excluding hydrogens is 258 g/mol. The first-order chi connectivity index (χ1) is 8.30. The molecule has 1 atom stereocenters. The minimum atomic E-state index is -3.75. The summed E-state index contributed by atoms with van der Waals surface area (Å²) in [6.45, 7) is -0.0347. The average molecular weight is 271 g/mol. The van der Waals surface area contributed by atoms with E-state index < -0.39 is 15.3 Å². The number of hydrogen-bond acceptors (Lipinski definition) is 6. The van der Waals surface area contributed by atoms with Crippen LogP contribution < -0.4 is 21.5 Å². The molecule has 1 saturated heterocycles. The van der Waals surface area contributed by atoms with E-state index in [2.05, 4.69) is 4.98 Å². The van der Waals surface area contributed by atoms with Gasteiger partial charge in [-0.25, -0.2) is 13.6 Å². The normalized spacial score (nSPS) is 20.4. The second-order valence-corrected chi connectivity index (χ2v) is 5.93. The Morgan fingerprint density at radius 2 is 2.00 bits per heavy atom. The highest BCUT2D eigenvalue weighted by Gasteiger charge is 2.38. The van der Waals surface area contributed by atoms with Gasteiger partial charge in [-0.2, -0.15) is 0 Å². The molecule has 0 aliphatic carbocycles. The second-order valence-electron chi connectivity index (χ2n) is 4.08. The number of primary sulfonamides is 1. The number of hydrogen-bond donors (Lipinski definition) is 3. The van der Waals surface area contributed by atoms with Gasteiger partial charge in [0.1, 0.15) is 5.25 Å². The summed E-state index contributed by atoms with van der Waals surface area (Å²) < 4.78 is 22.5. The number of nitrogen functional groups attached to an aromatic ring is 2. The van der Waals surface area contributed by atoms with Crippen LogP contribution in [0.3, 0.4) is 0 Å². The molecule has 0 spiro atoms. The highest BCUT2D eigenvalue weighted by molar-refractivity contribution is 7.89. The summed E-state index contributed by atoms with van der Waals surface area (Å²) >= 11 is 0. The van der Waals surface area contributed by atoms with E-state index in [4.69, 9.17) is 16.6 Å². The molecule has 9 heteroatoms. The zero-order valence-corrected chi connectivity index (χ0v) is 10.2. The summed E-state index contributed by atoms with van der Waals surface area (Å²) in [6, 6.07) is 0. The first kappa shape index (κ1) is 12.6. The Balaban J connectivity index is 2.36. The first-order valence-electron chi connectivity index (χ1n) is 5.11. The fraction of sp³-hybridized carbons (Fsp3) is 0.333. The minimum absolute atomic E-state index is 0.0347. The third-order valence-electron chi connectivity index (χ3n) is 2.84. The maximum absolute atomic E-state index is 11.8. The van der Waals surface area contributed by atoms with Gasteiger partial charge in [-0.05, 0) is 0 Å². The van der Waals surface area contributed by atoms with Crippen molar-refractivity contribution in [1.29, 1.82) is 0 Å². The lowest BCUT2D eigenvalue weighted by molar-refractivity contribution is -0.117. The van der Waals surface area contributed by atoms with E-state index in [-0.39, 0.29) is 30.2 Å². The van der Waals surface area contributed by atoms with E-state index in [1.165, 1.54) is 17.3 Å². The van der Waals surface area contributed by atoms with Crippen LogP contribution in [0.2, 0.25) is 0 Å². The van der Waals surface area contributed by atoms with Crippen molar-refractivity contribution in [2.75, 3.05) is 22.9 Å². The van der Waals surface area contributed by atoms with Crippen molar-refractivity contribution >= 4 is 33.0 Å². The average Bonchev–Trinajstić information content (AvgIpc) is 2.64. The smallest absolute Gasteiger partial charge is 0.228 e. The van der Waals surface area contributed by atoms with Gasteiger partial charge in [-0.15, -0.1) is 0 Å². The van der Waals surface area contributed by atoms with Gasteiger partial charge in [0.05, 0.1) is 29.5 Å². The van der Waals surface area contributed by atoms with E-state index >= 15 is 0 Å². The SMILES string of the molecule is Nc1cncc(N2CC(S(N)(=O)=O)CC2=O)c1N. The summed E-state index contributed by atoms with van der Waals surface area (Å²) in [5.74, 6) is -0.367. The summed E-state index contributed by atoms with van der Waals surface area (Å²) in [6.07, 6.45) is 2.57. The largest absolute Gasteiger partial charge is 0.396 e. The molecule has 1 fully saturated rings. The Bertz CT molecular complexity index is 600. The van der Waals surface area contributed by atoms with Crippen LogP contribution >= 0.6 is 0 Å². The van der Waals surface area contributed by atoms with E-state index in [9.17, 15) is 13.2 Å². The van der Waals surface area contributed by atoms with Crippen LogP contribution in [0.4, 0.5) is 17.1 Å². The maximum atomic E-state index is 11.8. The molecule has 1 unspecified atom stereocenters. The molecule has 8 nitrogen and oxygen atoms in total. The van der Waals surface area contributed by atoms with Crippen LogP contribution in [0, 0.1) is 0 Å². The lowest BCUT2D eigenvalue weighted by Crippen LogP contribution is -2.32. The summed E-state index contributed by atoms with van der Waals surface area (Å²) in [7, 11) is -3.75. The minimum Gasteiger partial charge on any atom is -0.396 e. The Labute approximate surface area is 104 Å². The number of nitrogens with two attached hydrogens (primary N) is 3. The maximum Gasteiger partial charge on any atom is 0.228 e. The molecule has 0 saturated carbocycles. The van der Waals surface area contributed by atoms with Gasteiger partial charge < -0.3 is 16.4 Å². The first-order valence-corrected chi connectivity index (χ1v) is 6.72. The molecule has 0 aromatic carbocycles. The molecule has 98 valence electrons. The standard InChI is InChI=1S/C9H13N5O3S/c10-6-2-13-3-7(9(6)11)14-4-5(1-8(14)15)18(12,16)17/h2-3,5H,1,4,10H2,(H2,11,13)(H2,12,16,17). The quantitative estimate of drug-likeness (QED) is 0.605. The number of amides is 1. The highest BCUT2D eigenvalue weighted by Crippen LogP contribution is 2.31. The van der Waals surface area contributed by atoms with Gasteiger partial charge in [0.15, 0.2) is 0 Å². The molecule has 1 aromatic heterocycles. The van der Waals surface area contributed by atoms with Gasteiger partial charge >= 0.3 is 0 Å². The molecule has 1 aliphatic heterocycles. The van der Waals surface area contributed by atoms with Crippen molar-refractivity contribution in [3.8, 4) is 0 Å². The van der Waals surface area contributed by atoms with Crippen molar-refractivity contribution in [3.05, 3.63) is 12.4 Å². The summed E-state index contributed by atoms with van der Waals surface area (Å²) in [5.41, 5.74) is 12.1. The Morgan fingerprint density at radius 1 is 1.33 bits per heavy atom. The zero-order valence-electron chi connectivity index (χ0n) is 9.41. The number of anilines is 3. The number of carbonyl (C=O) groups is 1. The number of sulfonamides is 1. The monoisotopic (exact) mass is 271 g/mol. The van der Waals surface area contributed by atoms with Crippen LogP contribution in [0.1, 0.15) is 6.42 Å². The molecule has 0 radical (unpaired) electrons. The Hall–Kier alpha value is -1.87. The van der Waals surface area contributed by atoms with Crippen LogP contribution in [0.15, 0.2) is 12.4 Å². The third-order valence-corrected chi connectivity index (χ3v) is 4.09. The van der Waals surface area contributed by atoms with Crippen molar-refractivity contribution in [2.24, 2.45) is 5.14 Å². The van der Waals surface area contributed by atoms with Crippen LogP contribution in [-0.4, -0.2) is 31.1 Å². The zero-order chi connectivity index (χ0) is 13.5. The molecule has 1 aliphatic rings. The van der Waals surface area contributed by atoms with Crippen LogP contribution in [0.25, 0.3) is 0 Å².